The lowest BCUT2D eigenvalue weighted by Crippen LogP contribution is -2.23. The van der Waals surface area contributed by atoms with Gasteiger partial charge in [0.1, 0.15) is 11.5 Å². The number of nitrogens with zero attached hydrogens (tertiary/aromatic N) is 1. The third-order valence-corrected chi connectivity index (χ3v) is 4.78. The average Bonchev–Trinajstić information content (AvgIpc) is 3.15. The van der Waals surface area contributed by atoms with Crippen LogP contribution in [0.5, 0.6) is 11.5 Å². The van der Waals surface area contributed by atoms with E-state index in [4.69, 9.17) is 9.47 Å². The largest absolute Gasteiger partial charge is 0.497 e. The summed E-state index contributed by atoms with van der Waals surface area (Å²) in [6.45, 7) is 4.70. The number of rotatable bonds is 5. The molecule has 3 heteroatoms. The summed E-state index contributed by atoms with van der Waals surface area (Å²) >= 11 is 0. The molecule has 1 saturated heterocycles. The summed E-state index contributed by atoms with van der Waals surface area (Å²) in [6.07, 6.45) is 2.63. The number of benzene rings is 2. The van der Waals surface area contributed by atoms with Crippen LogP contribution in [0.25, 0.3) is 11.1 Å². The number of hydrogen-bond donors (Lipinski definition) is 0. The monoisotopic (exact) mass is 311 g/mol. The highest BCUT2D eigenvalue weighted by molar-refractivity contribution is 5.72. The molecule has 1 heterocycles. The lowest BCUT2D eigenvalue weighted by atomic mass is 9.98. The van der Waals surface area contributed by atoms with E-state index in [9.17, 15) is 0 Å². The Balaban J connectivity index is 1.96. The van der Waals surface area contributed by atoms with Crippen molar-refractivity contribution in [2.24, 2.45) is 0 Å². The van der Waals surface area contributed by atoms with Crippen molar-refractivity contribution in [3.8, 4) is 22.6 Å². The summed E-state index contributed by atoms with van der Waals surface area (Å²) in [5, 5.41) is 0. The lowest BCUT2D eigenvalue weighted by Gasteiger charge is -2.24. The molecule has 2 aromatic carbocycles. The Morgan fingerprint density at radius 2 is 1.74 bits per heavy atom. The Hall–Kier alpha value is -2.00. The van der Waals surface area contributed by atoms with Gasteiger partial charge in [0.25, 0.3) is 0 Å². The highest BCUT2D eigenvalue weighted by Crippen LogP contribution is 2.35. The molecule has 0 aliphatic carbocycles. The van der Waals surface area contributed by atoms with Gasteiger partial charge >= 0.3 is 0 Å². The van der Waals surface area contributed by atoms with Crippen LogP contribution in [0, 0.1) is 0 Å². The van der Waals surface area contributed by atoms with Crippen molar-refractivity contribution in [1.82, 2.24) is 4.90 Å². The molecule has 3 rings (SSSR count). The van der Waals surface area contributed by atoms with Crippen LogP contribution >= 0.6 is 0 Å². The fraction of sp³-hybridized carbons (Fsp3) is 0.400. The van der Waals surface area contributed by atoms with E-state index in [0.29, 0.717) is 6.04 Å². The highest BCUT2D eigenvalue weighted by atomic mass is 16.5. The van der Waals surface area contributed by atoms with Gasteiger partial charge in [-0.15, -0.1) is 0 Å². The maximum atomic E-state index is 5.53. The molecule has 0 spiro atoms. The molecule has 2 aromatic rings. The van der Waals surface area contributed by atoms with Gasteiger partial charge in [0.15, 0.2) is 0 Å². The number of hydrogen-bond acceptors (Lipinski definition) is 3. The molecule has 0 unspecified atom stereocenters. The Bertz CT molecular complexity index is 662. The smallest absolute Gasteiger partial charge is 0.126 e. The van der Waals surface area contributed by atoms with Crippen molar-refractivity contribution >= 4 is 0 Å². The lowest BCUT2D eigenvalue weighted by molar-refractivity contribution is 0.263. The summed E-state index contributed by atoms with van der Waals surface area (Å²) in [6, 6.07) is 15.2. The molecule has 122 valence electrons. The second-order valence-corrected chi connectivity index (χ2v) is 6.11. The van der Waals surface area contributed by atoms with Gasteiger partial charge in [-0.25, -0.2) is 0 Å². The van der Waals surface area contributed by atoms with E-state index in [1.165, 1.54) is 37.1 Å². The number of ether oxygens (including phenoxy) is 2. The topological polar surface area (TPSA) is 21.7 Å². The van der Waals surface area contributed by atoms with Crippen molar-refractivity contribution < 1.29 is 9.47 Å². The molecule has 0 bridgehead atoms. The highest BCUT2D eigenvalue weighted by Gasteiger charge is 2.20. The third kappa shape index (κ3) is 3.35. The molecule has 0 radical (unpaired) electrons. The Morgan fingerprint density at radius 1 is 0.957 bits per heavy atom. The van der Waals surface area contributed by atoms with E-state index in [-0.39, 0.29) is 0 Å². The van der Waals surface area contributed by atoms with Crippen LogP contribution < -0.4 is 9.47 Å². The van der Waals surface area contributed by atoms with Crippen LogP contribution in [0.3, 0.4) is 0 Å². The van der Waals surface area contributed by atoms with Gasteiger partial charge in [0, 0.05) is 11.6 Å². The first-order chi connectivity index (χ1) is 11.2. The minimum Gasteiger partial charge on any atom is -0.497 e. The van der Waals surface area contributed by atoms with E-state index in [1.54, 1.807) is 14.2 Å². The maximum Gasteiger partial charge on any atom is 0.126 e. The predicted octanol–water partition coefficient (Wildman–Crippen LogP) is 4.53. The fourth-order valence-corrected chi connectivity index (χ4v) is 3.35. The van der Waals surface area contributed by atoms with Gasteiger partial charge in [-0.2, -0.15) is 0 Å². The molecule has 1 aliphatic rings. The van der Waals surface area contributed by atoms with E-state index in [2.05, 4.69) is 36.1 Å². The van der Waals surface area contributed by atoms with Crippen molar-refractivity contribution in [1.29, 1.82) is 0 Å². The fourth-order valence-electron chi connectivity index (χ4n) is 3.35. The van der Waals surface area contributed by atoms with E-state index in [0.717, 1.165) is 17.1 Å². The molecule has 0 aromatic heterocycles. The van der Waals surface area contributed by atoms with Crippen LogP contribution in [0.1, 0.15) is 31.4 Å². The van der Waals surface area contributed by atoms with Crippen LogP contribution in [0.15, 0.2) is 42.5 Å². The SMILES string of the molecule is COc1ccc(OC)c(-c2cccc([C@H](C)N3CCCC3)c2)c1. The van der Waals surface area contributed by atoms with Gasteiger partial charge in [-0.05, 0) is 68.2 Å². The second kappa shape index (κ2) is 7.05. The van der Waals surface area contributed by atoms with E-state index >= 15 is 0 Å². The molecule has 0 N–H and O–H groups in total. The zero-order valence-corrected chi connectivity index (χ0v) is 14.2. The summed E-state index contributed by atoms with van der Waals surface area (Å²) in [5.74, 6) is 1.72. The van der Waals surface area contributed by atoms with Crippen LogP contribution in [0.2, 0.25) is 0 Å². The summed E-state index contributed by atoms with van der Waals surface area (Å²) in [5.41, 5.74) is 3.60. The summed E-state index contributed by atoms with van der Waals surface area (Å²) in [7, 11) is 3.40. The van der Waals surface area contributed by atoms with Crippen molar-refractivity contribution in [3.05, 3.63) is 48.0 Å². The van der Waals surface area contributed by atoms with Crippen LogP contribution in [0.4, 0.5) is 0 Å². The molecule has 0 saturated carbocycles. The molecular formula is C20H25NO2. The first kappa shape index (κ1) is 15.9. The standard InChI is InChI=1S/C20H25NO2/c1-15(21-11-4-5-12-21)16-7-6-8-17(13-16)19-14-18(22-2)9-10-20(19)23-3/h6-10,13-15H,4-5,11-12H2,1-3H3/t15-/m0/s1. The van der Waals surface area contributed by atoms with Gasteiger partial charge in [0.2, 0.25) is 0 Å². The van der Waals surface area contributed by atoms with Gasteiger partial charge in [-0.3, -0.25) is 4.90 Å². The maximum absolute atomic E-state index is 5.53. The zero-order chi connectivity index (χ0) is 16.2. The predicted molar refractivity (Wildman–Crippen MR) is 94.2 cm³/mol. The molecule has 1 aliphatic heterocycles. The van der Waals surface area contributed by atoms with Crippen molar-refractivity contribution in [2.75, 3.05) is 27.3 Å². The zero-order valence-electron chi connectivity index (χ0n) is 14.2. The van der Waals surface area contributed by atoms with E-state index in [1.807, 2.05) is 18.2 Å². The Labute approximate surface area is 138 Å². The third-order valence-electron chi connectivity index (χ3n) is 4.78. The van der Waals surface area contributed by atoms with Crippen LogP contribution in [-0.4, -0.2) is 32.2 Å². The van der Waals surface area contributed by atoms with Crippen molar-refractivity contribution in [3.63, 3.8) is 0 Å². The normalized spacial score (nSPS) is 16.3. The minimum atomic E-state index is 0.453. The van der Waals surface area contributed by atoms with Gasteiger partial charge in [0.05, 0.1) is 14.2 Å². The molecule has 3 nitrogen and oxygen atoms in total. The first-order valence-electron chi connectivity index (χ1n) is 8.29. The van der Waals surface area contributed by atoms with Crippen LogP contribution in [-0.2, 0) is 0 Å². The second-order valence-electron chi connectivity index (χ2n) is 6.11. The first-order valence-corrected chi connectivity index (χ1v) is 8.29. The Kier molecular flexibility index (Phi) is 4.87. The molecule has 1 fully saturated rings. The van der Waals surface area contributed by atoms with Crippen molar-refractivity contribution in [2.45, 2.75) is 25.8 Å². The molecule has 0 amide bonds. The van der Waals surface area contributed by atoms with E-state index < -0.39 is 0 Å². The number of methoxy groups -OCH3 is 2. The van der Waals surface area contributed by atoms with Gasteiger partial charge < -0.3 is 9.47 Å². The summed E-state index contributed by atoms with van der Waals surface area (Å²) in [4.78, 5) is 2.56. The average molecular weight is 311 g/mol. The number of likely N-dealkylation sites (tertiary alicyclic amines) is 1. The quantitative estimate of drug-likeness (QED) is 0.810. The molecular weight excluding hydrogens is 286 g/mol. The van der Waals surface area contributed by atoms with Gasteiger partial charge in [-0.1, -0.05) is 18.2 Å². The Morgan fingerprint density at radius 3 is 2.43 bits per heavy atom. The molecule has 1 atom stereocenters. The molecule has 23 heavy (non-hydrogen) atoms. The summed E-state index contributed by atoms with van der Waals surface area (Å²) < 4.78 is 10.9. The minimum absolute atomic E-state index is 0.453.